The van der Waals surface area contributed by atoms with Crippen molar-refractivity contribution in [1.29, 1.82) is 0 Å². The van der Waals surface area contributed by atoms with Gasteiger partial charge in [-0.15, -0.1) is 0 Å². The first kappa shape index (κ1) is 11.0. The number of nitrogens with zero attached hydrogens (tertiary/aromatic N) is 2. The molecule has 2 saturated carbocycles. The fraction of sp³-hybridized carbons (Fsp3) is 0.643. The van der Waals surface area contributed by atoms with E-state index in [9.17, 15) is 0 Å². The molecule has 2 fully saturated rings. The van der Waals surface area contributed by atoms with Crippen LogP contribution in [0.2, 0.25) is 0 Å². The molecule has 0 atom stereocenters. The van der Waals surface area contributed by atoms with E-state index in [1.165, 1.54) is 37.8 Å². The molecule has 2 aliphatic rings. The maximum atomic E-state index is 4.39. The van der Waals surface area contributed by atoms with Gasteiger partial charge in [-0.2, -0.15) is 0 Å². The van der Waals surface area contributed by atoms with Crippen LogP contribution in [-0.2, 0) is 6.54 Å². The van der Waals surface area contributed by atoms with Gasteiger partial charge < -0.3 is 5.32 Å². The summed E-state index contributed by atoms with van der Waals surface area (Å²) in [4.78, 5) is 7.05. The normalized spacial score (nSPS) is 19.6. The molecule has 1 heterocycles. The summed E-state index contributed by atoms with van der Waals surface area (Å²) in [6.07, 6.45) is 7.69. The molecule has 3 rings (SSSR count). The van der Waals surface area contributed by atoms with Crippen LogP contribution in [0.1, 0.15) is 31.2 Å². The number of anilines is 1. The van der Waals surface area contributed by atoms with Crippen molar-refractivity contribution in [3.8, 4) is 0 Å². The highest BCUT2D eigenvalue weighted by atomic mass is 15.2. The average molecular weight is 231 g/mol. The van der Waals surface area contributed by atoms with Gasteiger partial charge in [-0.1, -0.05) is 6.07 Å². The summed E-state index contributed by atoms with van der Waals surface area (Å²) in [7, 11) is 1.91. The van der Waals surface area contributed by atoms with Gasteiger partial charge in [0.2, 0.25) is 0 Å². The molecule has 0 aromatic carbocycles. The molecule has 0 spiro atoms. The second-order valence-corrected chi connectivity index (χ2v) is 5.41. The molecule has 1 aromatic rings. The minimum atomic E-state index is 0.861. The first-order valence-electron chi connectivity index (χ1n) is 6.72. The second kappa shape index (κ2) is 4.65. The topological polar surface area (TPSA) is 28.2 Å². The van der Waals surface area contributed by atoms with Crippen LogP contribution in [-0.4, -0.2) is 29.5 Å². The van der Waals surface area contributed by atoms with Crippen LogP contribution in [0.15, 0.2) is 18.3 Å². The zero-order chi connectivity index (χ0) is 11.7. The van der Waals surface area contributed by atoms with Gasteiger partial charge in [-0.3, -0.25) is 4.90 Å². The van der Waals surface area contributed by atoms with Crippen molar-refractivity contribution in [2.75, 3.05) is 18.9 Å². The molecule has 1 aromatic heterocycles. The Hall–Kier alpha value is -1.09. The number of pyridine rings is 1. The molecule has 0 aliphatic heterocycles. The molecule has 92 valence electrons. The van der Waals surface area contributed by atoms with Crippen molar-refractivity contribution in [2.24, 2.45) is 5.92 Å². The van der Waals surface area contributed by atoms with E-state index in [1.807, 2.05) is 13.2 Å². The predicted molar refractivity (Wildman–Crippen MR) is 69.9 cm³/mol. The largest absolute Gasteiger partial charge is 0.373 e. The summed E-state index contributed by atoms with van der Waals surface area (Å²) in [5.74, 6) is 1.94. The van der Waals surface area contributed by atoms with E-state index in [4.69, 9.17) is 0 Å². The quantitative estimate of drug-likeness (QED) is 0.815. The maximum absolute atomic E-state index is 4.39. The fourth-order valence-electron chi connectivity index (χ4n) is 2.31. The van der Waals surface area contributed by atoms with E-state index in [0.29, 0.717) is 0 Å². The molecule has 1 N–H and O–H groups in total. The minimum Gasteiger partial charge on any atom is -0.373 e. The van der Waals surface area contributed by atoms with E-state index in [2.05, 4.69) is 27.3 Å². The molecule has 2 aliphatic carbocycles. The summed E-state index contributed by atoms with van der Waals surface area (Å²) in [6, 6.07) is 5.12. The van der Waals surface area contributed by atoms with E-state index >= 15 is 0 Å². The third-order valence-corrected chi connectivity index (χ3v) is 3.72. The van der Waals surface area contributed by atoms with Crippen molar-refractivity contribution in [2.45, 2.75) is 38.3 Å². The Morgan fingerprint density at radius 1 is 1.29 bits per heavy atom. The number of aromatic nitrogens is 1. The van der Waals surface area contributed by atoms with Gasteiger partial charge in [0.15, 0.2) is 0 Å². The Kier molecular flexibility index (Phi) is 3.02. The first-order valence-corrected chi connectivity index (χ1v) is 6.72. The Labute approximate surface area is 103 Å². The lowest BCUT2D eigenvalue weighted by Gasteiger charge is -2.21. The Balaban J connectivity index is 1.61. The lowest BCUT2D eigenvalue weighted by atomic mass is 10.2. The highest BCUT2D eigenvalue weighted by molar-refractivity contribution is 5.34. The molecular formula is C14H21N3. The van der Waals surface area contributed by atoms with E-state index in [0.717, 1.165) is 24.3 Å². The molecule has 0 unspecified atom stereocenters. The Morgan fingerprint density at radius 3 is 2.65 bits per heavy atom. The van der Waals surface area contributed by atoms with Crippen LogP contribution in [0, 0.1) is 5.92 Å². The summed E-state index contributed by atoms with van der Waals surface area (Å²) in [6.45, 7) is 2.39. The monoisotopic (exact) mass is 231 g/mol. The van der Waals surface area contributed by atoms with Crippen molar-refractivity contribution in [3.63, 3.8) is 0 Å². The van der Waals surface area contributed by atoms with Crippen LogP contribution in [0.5, 0.6) is 0 Å². The Bertz CT molecular complexity index is 366. The zero-order valence-corrected chi connectivity index (χ0v) is 10.5. The van der Waals surface area contributed by atoms with Gasteiger partial charge >= 0.3 is 0 Å². The summed E-state index contributed by atoms with van der Waals surface area (Å²) in [5, 5.41) is 3.06. The fourth-order valence-corrected chi connectivity index (χ4v) is 2.31. The van der Waals surface area contributed by atoms with E-state index in [-0.39, 0.29) is 0 Å². The molecule has 3 nitrogen and oxygen atoms in total. The number of nitrogens with one attached hydrogen (secondary N) is 1. The minimum absolute atomic E-state index is 0.861. The molecule has 3 heteroatoms. The van der Waals surface area contributed by atoms with Crippen LogP contribution >= 0.6 is 0 Å². The van der Waals surface area contributed by atoms with Crippen LogP contribution < -0.4 is 5.32 Å². The summed E-state index contributed by atoms with van der Waals surface area (Å²) >= 11 is 0. The van der Waals surface area contributed by atoms with Crippen LogP contribution in [0.4, 0.5) is 5.82 Å². The van der Waals surface area contributed by atoms with E-state index < -0.39 is 0 Å². The standard InChI is InChI=1S/C14H21N3/c1-15-14-7-4-12(8-16-14)10-17(13-5-6-13)9-11-2-3-11/h4,7-8,11,13H,2-3,5-6,9-10H2,1H3,(H,15,16). The lowest BCUT2D eigenvalue weighted by molar-refractivity contribution is 0.244. The maximum Gasteiger partial charge on any atom is 0.125 e. The van der Waals surface area contributed by atoms with Gasteiger partial charge in [-0.25, -0.2) is 4.98 Å². The smallest absolute Gasteiger partial charge is 0.125 e. The van der Waals surface area contributed by atoms with E-state index in [1.54, 1.807) is 0 Å². The second-order valence-electron chi connectivity index (χ2n) is 5.41. The molecule has 0 saturated heterocycles. The molecular weight excluding hydrogens is 210 g/mol. The third kappa shape index (κ3) is 2.97. The van der Waals surface area contributed by atoms with Gasteiger partial charge in [-0.05, 0) is 43.2 Å². The number of hydrogen-bond acceptors (Lipinski definition) is 3. The van der Waals surface area contributed by atoms with Gasteiger partial charge in [0.1, 0.15) is 5.82 Å². The van der Waals surface area contributed by atoms with Gasteiger partial charge in [0, 0.05) is 32.4 Å². The number of hydrogen-bond donors (Lipinski definition) is 1. The Morgan fingerprint density at radius 2 is 2.12 bits per heavy atom. The van der Waals surface area contributed by atoms with Crippen LogP contribution in [0.25, 0.3) is 0 Å². The van der Waals surface area contributed by atoms with Crippen molar-refractivity contribution < 1.29 is 0 Å². The summed E-state index contributed by atoms with van der Waals surface area (Å²) < 4.78 is 0. The zero-order valence-electron chi connectivity index (χ0n) is 10.5. The van der Waals surface area contributed by atoms with Crippen molar-refractivity contribution in [3.05, 3.63) is 23.9 Å². The van der Waals surface area contributed by atoms with Crippen molar-refractivity contribution in [1.82, 2.24) is 9.88 Å². The highest BCUT2D eigenvalue weighted by Gasteiger charge is 2.33. The average Bonchev–Trinajstić information content (AvgIpc) is 3.22. The van der Waals surface area contributed by atoms with Crippen LogP contribution in [0.3, 0.4) is 0 Å². The third-order valence-electron chi connectivity index (χ3n) is 3.72. The molecule has 0 radical (unpaired) electrons. The summed E-state index contributed by atoms with van der Waals surface area (Å²) in [5.41, 5.74) is 1.34. The molecule has 0 bridgehead atoms. The molecule has 0 amide bonds. The van der Waals surface area contributed by atoms with Gasteiger partial charge in [0.05, 0.1) is 0 Å². The SMILES string of the molecule is CNc1ccc(CN(CC2CC2)C2CC2)cn1. The van der Waals surface area contributed by atoms with Gasteiger partial charge in [0.25, 0.3) is 0 Å². The predicted octanol–water partition coefficient (Wildman–Crippen LogP) is 2.50. The first-order chi connectivity index (χ1) is 8.35. The van der Waals surface area contributed by atoms with Crippen molar-refractivity contribution >= 4 is 5.82 Å². The highest BCUT2D eigenvalue weighted by Crippen LogP contribution is 2.35. The molecule has 17 heavy (non-hydrogen) atoms. The lowest BCUT2D eigenvalue weighted by Crippen LogP contribution is -2.27. The number of rotatable bonds is 6.